The molecule has 0 spiro atoms. The van der Waals surface area contributed by atoms with Crippen LogP contribution in [0.4, 0.5) is 0 Å². The number of morpholine rings is 1. The zero-order chi connectivity index (χ0) is 11.9. The lowest BCUT2D eigenvalue weighted by atomic mass is 10.3. The van der Waals surface area contributed by atoms with E-state index in [2.05, 4.69) is 9.88 Å². The highest BCUT2D eigenvalue weighted by Crippen LogP contribution is 2.05. The molecule has 1 fully saturated rings. The third-order valence-corrected chi connectivity index (χ3v) is 2.63. The van der Waals surface area contributed by atoms with Crippen molar-refractivity contribution >= 4 is 0 Å². The first-order valence-corrected chi connectivity index (χ1v) is 5.86. The van der Waals surface area contributed by atoms with E-state index in [9.17, 15) is 5.11 Å². The maximum Gasteiger partial charge on any atom is 0.213 e. The molecule has 1 N–H and O–H groups in total. The summed E-state index contributed by atoms with van der Waals surface area (Å²) in [7, 11) is 0. The molecule has 1 saturated heterocycles. The van der Waals surface area contributed by atoms with Crippen molar-refractivity contribution in [3.8, 4) is 5.88 Å². The van der Waals surface area contributed by atoms with Gasteiger partial charge in [0, 0.05) is 31.9 Å². The summed E-state index contributed by atoms with van der Waals surface area (Å²) >= 11 is 0. The molecule has 1 unspecified atom stereocenters. The van der Waals surface area contributed by atoms with Gasteiger partial charge in [-0.2, -0.15) is 0 Å². The lowest BCUT2D eigenvalue weighted by molar-refractivity contribution is 0.00423. The van der Waals surface area contributed by atoms with E-state index in [0.29, 0.717) is 12.4 Å². The van der Waals surface area contributed by atoms with Crippen LogP contribution in [-0.2, 0) is 4.74 Å². The Hall–Kier alpha value is -1.17. The van der Waals surface area contributed by atoms with Gasteiger partial charge in [-0.3, -0.25) is 4.90 Å². The van der Waals surface area contributed by atoms with Crippen LogP contribution in [0.5, 0.6) is 5.88 Å². The number of hydrogen-bond donors (Lipinski definition) is 1. The first-order valence-electron chi connectivity index (χ1n) is 5.86. The highest BCUT2D eigenvalue weighted by molar-refractivity contribution is 5.09. The van der Waals surface area contributed by atoms with Crippen molar-refractivity contribution in [2.75, 3.05) is 39.5 Å². The van der Waals surface area contributed by atoms with Crippen LogP contribution in [-0.4, -0.2) is 60.5 Å². The Morgan fingerprint density at radius 1 is 1.41 bits per heavy atom. The van der Waals surface area contributed by atoms with Crippen LogP contribution in [0.2, 0.25) is 0 Å². The van der Waals surface area contributed by atoms with E-state index >= 15 is 0 Å². The summed E-state index contributed by atoms with van der Waals surface area (Å²) in [6.07, 6.45) is 1.18. The number of hydrogen-bond acceptors (Lipinski definition) is 5. The summed E-state index contributed by atoms with van der Waals surface area (Å²) < 4.78 is 10.6. The van der Waals surface area contributed by atoms with E-state index in [4.69, 9.17) is 9.47 Å². The molecule has 17 heavy (non-hydrogen) atoms. The van der Waals surface area contributed by atoms with Gasteiger partial charge in [-0.15, -0.1) is 0 Å². The minimum atomic E-state index is -0.491. The van der Waals surface area contributed by atoms with E-state index in [1.165, 1.54) is 0 Å². The minimum absolute atomic E-state index is 0.272. The third-order valence-electron chi connectivity index (χ3n) is 2.63. The molecule has 2 heterocycles. The van der Waals surface area contributed by atoms with Gasteiger partial charge in [0.15, 0.2) is 0 Å². The van der Waals surface area contributed by atoms with Crippen LogP contribution in [0.25, 0.3) is 0 Å². The molecule has 1 aliphatic heterocycles. The van der Waals surface area contributed by atoms with Crippen molar-refractivity contribution in [1.29, 1.82) is 0 Å². The Bertz CT molecular complexity index is 315. The monoisotopic (exact) mass is 238 g/mol. The number of β-amino-alcohol motifs (C(OH)–C–C–N with tert-alkyl or cyclic N) is 1. The molecule has 5 nitrogen and oxygen atoms in total. The van der Waals surface area contributed by atoms with E-state index in [1.54, 1.807) is 12.3 Å². The van der Waals surface area contributed by atoms with Crippen LogP contribution < -0.4 is 4.74 Å². The van der Waals surface area contributed by atoms with Gasteiger partial charge < -0.3 is 14.6 Å². The maximum atomic E-state index is 9.83. The van der Waals surface area contributed by atoms with Crippen molar-refractivity contribution in [2.45, 2.75) is 6.10 Å². The van der Waals surface area contributed by atoms with Crippen LogP contribution in [0.15, 0.2) is 24.4 Å². The second kappa shape index (κ2) is 6.54. The Balaban J connectivity index is 1.68. The molecule has 1 aromatic heterocycles. The molecule has 5 heteroatoms. The van der Waals surface area contributed by atoms with Crippen molar-refractivity contribution in [2.24, 2.45) is 0 Å². The van der Waals surface area contributed by atoms with Gasteiger partial charge in [-0.1, -0.05) is 6.07 Å². The average molecular weight is 238 g/mol. The fourth-order valence-corrected chi connectivity index (χ4v) is 1.75. The first-order chi connectivity index (χ1) is 8.34. The second-order valence-corrected chi connectivity index (χ2v) is 4.05. The zero-order valence-corrected chi connectivity index (χ0v) is 9.79. The van der Waals surface area contributed by atoms with Crippen molar-refractivity contribution < 1.29 is 14.6 Å². The van der Waals surface area contributed by atoms with Crippen molar-refractivity contribution in [3.05, 3.63) is 24.4 Å². The minimum Gasteiger partial charge on any atom is -0.475 e. The Morgan fingerprint density at radius 3 is 2.94 bits per heavy atom. The molecule has 1 aromatic rings. The number of nitrogens with zero attached hydrogens (tertiary/aromatic N) is 2. The average Bonchev–Trinajstić information content (AvgIpc) is 2.39. The molecule has 0 radical (unpaired) electrons. The summed E-state index contributed by atoms with van der Waals surface area (Å²) in [5, 5.41) is 9.83. The second-order valence-electron chi connectivity index (χ2n) is 4.05. The largest absolute Gasteiger partial charge is 0.475 e. The van der Waals surface area contributed by atoms with E-state index in [0.717, 1.165) is 26.3 Å². The zero-order valence-electron chi connectivity index (χ0n) is 9.79. The van der Waals surface area contributed by atoms with Gasteiger partial charge in [-0.05, 0) is 6.07 Å². The van der Waals surface area contributed by atoms with Crippen LogP contribution in [0.3, 0.4) is 0 Å². The predicted molar refractivity (Wildman–Crippen MR) is 63.0 cm³/mol. The van der Waals surface area contributed by atoms with Gasteiger partial charge >= 0.3 is 0 Å². The normalized spacial score (nSPS) is 18.9. The molecule has 0 aromatic carbocycles. The topological polar surface area (TPSA) is 54.8 Å². The van der Waals surface area contributed by atoms with E-state index < -0.39 is 6.10 Å². The van der Waals surface area contributed by atoms with Gasteiger partial charge in [0.2, 0.25) is 5.88 Å². The standard InChI is InChI=1S/C12H18N2O3/c15-11(9-14-5-7-16-8-6-14)10-17-12-3-1-2-4-13-12/h1-4,11,15H,5-10H2. The highest BCUT2D eigenvalue weighted by atomic mass is 16.5. The molecule has 0 bridgehead atoms. The lowest BCUT2D eigenvalue weighted by Gasteiger charge is -2.28. The van der Waals surface area contributed by atoms with Crippen molar-refractivity contribution in [1.82, 2.24) is 9.88 Å². The van der Waals surface area contributed by atoms with Gasteiger partial charge in [-0.25, -0.2) is 4.98 Å². The number of aliphatic hydroxyl groups excluding tert-OH is 1. The van der Waals surface area contributed by atoms with E-state index in [-0.39, 0.29) is 6.61 Å². The van der Waals surface area contributed by atoms with Crippen LogP contribution >= 0.6 is 0 Å². The maximum absolute atomic E-state index is 9.83. The third kappa shape index (κ3) is 4.30. The Morgan fingerprint density at radius 2 is 2.24 bits per heavy atom. The molecule has 0 amide bonds. The quantitative estimate of drug-likeness (QED) is 0.791. The summed E-state index contributed by atoms with van der Waals surface area (Å²) in [6.45, 7) is 4.13. The molecule has 0 aliphatic carbocycles. The summed E-state index contributed by atoms with van der Waals surface area (Å²) in [6, 6.07) is 5.47. The molecule has 94 valence electrons. The number of pyridine rings is 1. The predicted octanol–water partition coefficient (Wildman–Crippen LogP) is 0.153. The molecule has 1 aliphatic rings. The number of ether oxygens (including phenoxy) is 2. The molecule has 1 atom stereocenters. The van der Waals surface area contributed by atoms with Crippen LogP contribution in [0, 0.1) is 0 Å². The van der Waals surface area contributed by atoms with Gasteiger partial charge in [0.1, 0.15) is 12.7 Å². The summed E-state index contributed by atoms with van der Waals surface area (Å²) in [5.74, 6) is 0.550. The van der Waals surface area contributed by atoms with Gasteiger partial charge in [0.25, 0.3) is 0 Å². The SMILES string of the molecule is OC(COc1ccccn1)CN1CCOCC1. The number of aromatic nitrogens is 1. The Kier molecular flexibility index (Phi) is 4.73. The number of rotatable bonds is 5. The van der Waals surface area contributed by atoms with Crippen molar-refractivity contribution in [3.63, 3.8) is 0 Å². The first kappa shape index (κ1) is 12.3. The smallest absolute Gasteiger partial charge is 0.213 e. The van der Waals surface area contributed by atoms with Crippen LogP contribution in [0.1, 0.15) is 0 Å². The molecule has 0 saturated carbocycles. The highest BCUT2D eigenvalue weighted by Gasteiger charge is 2.15. The Labute approximate surface area is 101 Å². The summed E-state index contributed by atoms with van der Waals surface area (Å²) in [4.78, 5) is 6.21. The molecular weight excluding hydrogens is 220 g/mol. The summed E-state index contributed by atoms with van der Waals surface area (Å²) in [5.41, 5.74) is 0. The fraction of sp³-hybridized carbons (Fsp3) is 0.583. The van der Waals surface area contributed by atoms with Gasteiger partial charge in [0.05, 0.1) is 13.2 Å². The van der Waals surface area contributed by atoms with E-state index in [1.807, 2.05) is 12.1 Å². The fourth-order valence-electron chi connectivity index (χ4n) is 1.75. The number of aliphatic hydroxyl groups is 1. The lowest BCUT2D eigenvalue weighted by Crippen LogP contribution is -2.42. The molecule has 2 rings (SSSR count). The molecular formula is C12H18N2O3.